The average Bonchev–Trinajstić information content (AvgIpc) is 2.22. The van der Waals surface area contributed by atoms with Crippen molar-refractivity contribution in [1.29, 1.82) is 0 Å². The van der Waals surface area contributed by atoms with Crippen LogP contribution in [0.1, 0.15) is 18.1 Å². The van der Waals surface area contributed by atoms with Crippen molar-refractivity contribution in [2.75, 3.05) is 12.0 Å². The molecule has 1 rings (SSSR count). The maximum Gasteiger partial charge on any atom is 0.392 e. The first kappa shape index (κ1) is 13.8. The van der Waals surface area contributed by atoms with Crippen LogP contribution in [0.2, 0.25) is 0 Å². The minimum atomic E-state index is -4.15. The Kier molecular flexibility index (Phi) is 4.40. The van der Waals surface area contributed by atoms with Gasteiger partial charge in [-0.05, 0) is 37.1 Å². The van der Waals surface area contributed by atoms with Crippen molar-refractivity contribution in [2.24, 2.45) is 5.92 Å². The van der Waals surface area contributed by atoms with Crippen LogP contribution in [0.15, 0.2) is 18.2 Å². The van der Waals surface area contributed by atoms with Gasteiger partial charge in [0.05, 0.1) is 5.92 Å². The van der Waals surface area contributed by atoms with Crippen molar-refractivity contribution in [3.05, 3.63) is 29.3 Å². The molecule has 0 aliphatic heterocycles. The summed E-state index contributed by atoms with van der Waals surface area (Å²) in [5.41, 5.74) is 8.37. The number of aryl methyl sites for hydroxylation is 2. The Morgan fingerprint density at radius 2 is 1.82 bits per heavy atom. The lowest BCUT2D eigenvalue weighted by molar-refractivity contribution is -0.167. The summed E-state index contributed by atoms with van der Waals surface area (Å²) in [5.74, 6) is -1.37. The lowest BCUT2D eigenvalue weighted by Gasteiger charge is -2.17. The molecule has 5 heteroatoms. The number of alkyl halides is 3. The lowest BCUT2D eigenvalue weighted by Crippen LogP contribution is -2.34. The monoisotopic (exact) mass is 246 g/mol. The standard InChI is InChI=1S/C12H17F3N2/c1-8-4-5-11(6-9(8)2)17-16-7-10(3)12(13,14)15/h4-6,10,16-17H,7H2,1-3H3. The van der Waals surface area contributed by atoms with Gasteiger partial charge in [0.2, 0.25) is 0 Å². The van der Waals surface area contributed by atoms with Crippen LogP contribution in [-0.4, -0.2) is 12.7 Å². The Morgan fingerprint density at radius 1 is 1.18 bits per heavy atom. The number of hydrazine groups is 1. The van der Waals surface area contributed by atoms with E-state index in [1.54, 1.807) is 0 Å². The Bertz CT molecular complexity index is 375. The third-order valence-corrected chi connectivity index (χ3v) is 2.71. The van der Waals surface area contributed by atoms with Gasteiger partial charge < -0.3 is 5.43 Å². The molecule has 2 nitrogen and oxygen atoms in total. The van der Waals surface area contributed by atoms with Gasteiger partial charge in [-0.1, -0.05) is 13.0 Å². The topological polar surface area (TPSA) is 24.1 Å². The summed E-state index contributed by atoms with van der Waals surface area (Å²) in [4.78, 5) is 0. The van der Waals surface area contributed by atoms with Crippen LogP contribution < -0.4 is 10.9 Å². The van der Waals surface area contributed by atoms with E-state index in [4.69, 9.17) is 0 Å². The molecule has 0 fully saturated rings. The van der Waals surface area contributed by atoms with Gasteiger partial charge in [0, 0.05) is 12.2 Å². The third kappa shape index (κ3) is 4.26. The summed E-state index contributed by atoms with van der Waals surface area (Å²) < 4.78 is 36.7. The van der Waals surface area contributed by atoms with Crippen LogP contribution in [0.3, 0.4) is 0 Å². The van der Waals surface area contributed by atoms with E-state index in [1.807, 2.05) is 32.0 Å². The van der Waals surface area contributed by atoms with E-state index in [0.29, 0.717) is 0 Å². The summed E-state index contributed by atoms with van der Waals surface area (Å²) in [7, 11) is 0. The first-order chi connectivity index (χ1) is 7.80. The van der Waals surface area contributed by atoms with Crippen LogP contribution in [0, 0.1) is 19.8 Å². The zero-order valence-electron chi connectivity index (χ0n) is 10.2. The van der Waals surface area contributed by atoms with Crippen LogP contribution in [-0.2, 0) is 0 Å². The highest BCUT2D eigenvalue weighted by Gasteiger charge is 2.35. The molecule has 1 unspecified atom stereocenters. The van der Waals surface area contributed by atoms with Gasteiger partial charge in [-0.2, -0.15) is 13.2 Å². The molecule has 0 aromatic heterocycles. The van der Waals surface area contributed by atoms with Crippen molar-refractivity contribution in [1.82, 2.24) is 5.43 Å². The second-order valence-electron chi connectivity index (χ2n) is 4.25. The number of halogens is 3. The zero-order chi connectivity index (χ0) is 13.1. The maximum atomic E-state index is 12.2. The SMILES string of the molecule is Cc1ccc(NNCC(C)C(F)(F)F)cc1C. The molecular weight excluding hydrogens is 229 g/mol. The van der Waals surface area contributed by atoms with E-state index in [2.05, 4.69) is 10.9 Å². The number of hydrogen-bond donors (Lipinski definition) is 2. The molecule has 0 aliphatic rings. The maximum absolute atomic E-state index is 12.2. The fourth-order valence-electron chi connectivity index (χ4n) is 1.24. The summed E-state index contributed by atoms with van der Waals surface area (Å²) >= 11 is 0. The lowest BCUT2D eigenvalue weighted by atomic mass is 10.1. The second kappa shape index (κ2) is 5.40. The van der Waals surface area contributed by atoms with Crippen molar-refractivity contribution in [3.8, 4) is 0 Å². The summed E-state index contributed by atoms with van der Waals surface area (Å²) in [6, 6.07) is 5.64. The fraction of sp³-hybridized carbons (Fsp3) is 0.500. The molecular formula is C12H17F3N2. The molecule has 17 heavy (non-hydrogen) atoms. The normalized spacial score (nSPS) is 13.5. The van der Waals surface area contributed by atoms with E-state index in [-0.39, 0.29) is 6.54 Å². The van der Waals surface area contributed by atoms with Crippen LogP contribution in [0.25, 0.3) is 0 Å². The number of rotatable bonds is 4. The highest BCUT2D eigenvalue weighted by molar-refractivity contribution is 5.47. The van der Waals surface area contributed by atoms with Gasteiger partial charge in [-0.15, -0.1) is 0 Å². The van der Waals surface area contributed by atoms with Crippen molar-refractivity contribution < 1.29 is 13.2 Å². The van der Waals surface area contributed by atoms with Gasteiger partial charge in [0.1, 0.15) is 0 Å². The first-order valence-electron chi connectivity index (χ1n) is 5.43. The number of anilines is 1. The molecule has 0 saturated carbocycles. The molecule has 0 amide bonds. The minimum Gasteiger partial charge on any atom is -0.321 e. The second-order valence-corrected chi connectivity index (χ2v) is 4.25. The van der Waals surface area contributed by atoms with E-state index in [0.717, 1.165) is 23.7 Å². The zero-order valence-corrected chi connectivity index (χ0v) is 10.2. The van der Waals surface area contributed by atoms with E-state index >= 15 is 0 Å². The molecule has 0 spiro atoms. The molecule has 0 bridgehead atoms. The number of hydrogen-bond acceptors (Lipinski definition) is 2. The summed E-state index contributed by atoms with van der Waals surface area (Å²) in [6.07, 6.45) is -4.15. The predicted octanol–water partition coefficient (Wildman–Crippen LogP) is 3.42. The Labute approximate surface area is 99.2 Å². The molecule has 0 heterocycles. The van der Waals surface area contributed by atoms with E-state index in [1.165, 1.54) is 0 Å². The third-order valence-electron chi connectivity index (χ3n) is 2.71. The number of nitrogens with one attached hydrogen (secondary N) is 2. The highest BCUT2D eigenvalue weighted by atomic mass is 19.4. The molecule has 1 atom stereocenters. The molecule has 0 saturated heterocycles. The largest absolute Gasteiger partial charge is 0.392 e. The molecule has 1 aromatic rings. The smallest absolute Gasteiger partial charge is 0.321 e. The molecule has 0 aliphatic carbocycles. The molecule has 0 radical (unpaired) electrons. The average molecular weight is 246 g/mol. The number of benzene rings is 1. The molecule has 2 N–H and O–H groups in total. The first-order valence-corrected chi connectivity index (χ1v) is 5.43. The van der Waals surface area contributed by atoms with Gasteiger partial charge >= 0.3 is 6.18 Å². The predicted molar refractivity (Wildman–Crippen MR) is 62.8 cm³/mol. The molecule has 96 valence electrons. The fourth-order valence-corrected chi connectivity index (χ4v) is 1.24. The minimum absolute atomic E-state index is 0.156. The van der Waals surface area contributed by atoms with E-state index in [9.17, 15) is 13.2 Å². The van der Waals surface area contributed by atoms with Crippen molar-refractivity contribution in [3.63, 3.8) is 0 Å². The summed E-state index contributed by atoms with van der Waals surface area (Å²) in [5, 5.41) is 0. The van der Waals surface area contributed by atoms with Gasteiger partial charge in [0.15, 0.2) is 0 Å². The quantitative estimate of drug-likeness (QED) is 0.795. The van der Waals surface area contributed by atoms with Crippen molar-refractivity contribution >= 4 is 5.69 Å². The Morgan fingerprint density at radius 3 is 2.35 bits per heavy atom. The van der Waals surface area contributed by atoms with E-state index < -0.39 is 12.1 Å². The van der Waals surface area contributed by atoms with Crippen molar-refractivity contribution in [2.45, 2.75) is 26.9 Å². The van der Waals surface area contributed by atoms with Crippen LogP contribution >= 0.6 is 0 Å². The Balaban J connectivity index is 2.44. The van der Waals surface area contributed by atoms with Crippen LogP contribution in [0.5, 0.6) is 0 Å². The summed E-state index contributed by atoms with van der Waals surface area (Å²) in [6.45, 7) is 4.93. The van der Waals surface area contributed by atoms with Gasteiger partial charge in [-0.3, -0.25) is 0 Å². The van der Waals surface area contributed by atoms with Gasteiger partial charge in [0.25, 0.3) is 0 Å². The Hall–Kier alpha value is -1.23. The highest BCUT2D eigenvalue weighted by Crippen LogP contribution is 2.24. The van der Waals surface area contributed by atoms with Crippen LogP contribution in [0.4, 0.5) is 18.9 Å². The molecule has 1 aromatic carbocycles. The van der Waals surface area contributed by atoms with Gasteiger partial charge in [-0.25, -0.2) is 5.43 Å².